The van der Waals surface area contributed by atoms with E-state index in [0.717, 1.165) is 17.8 Å². The molecule has 1 aliphatic heterocycles. The number of alkyl halides is 1. The van der Waals surface area contributed by atoms with Crippen molar-refractivity contribution in [1.82, 2.24) is 25.8 Å². The molecule has 150 valence electrons. The average Bonchev–Trinajstić information content (AvgIpc) is 3.21. The van der Waals surface area contributed by atoms with Crippen molar-refractivity contribution in [2.24, 2.45) is 0 Å². The number of nitrogens with two attached hydrogens (primary N) is 1. The first kappa shape index (κ1) is 19.5. The number of halogens is 1. The fourth-order valence-electron chi connectivity index (χ4n) is 3.31. The van der Waals surface area contributed by atoms with Gasteiger partial charge in [-0.3, -0.25) is 4.79 Å². The molecule has 0 spiro atoms. The van der Waals surface area contributed by atoms with Crippen molar-refractivity contribution >= 4 is 27.7 Å². The second-order valence-corrected chi connectivity index (χ2v) is 8.08. The molecule has 2 aromatic heterocycles. The Labute approximate surface area is 176 Å². The Bertz CT molecular complexity index is 1020. The summed E-state index contributed by atoms with van der Waals surface area (Å²) in [6.07, 6.45) is 2.29. The van der Waals surface area contributed by atoms with Gasteiger partial charge in [-0.25, -0.2) is 9.97 Å². The maximum atomic E-state index is 11.7. The van der Waals surface area contributed by atoms with Crippen LogP contribution in [0.2, 0.25) is 0 Å². The minimum atomic E-state index is -0.244. The predicted octanol–water partition coefficient (Wildman–Crippen LogP) is 2.47. The molecule has 2 unspecified atom stereocenters. The van der Waals surface area contributed by atoms with Gasteiger partial charge in [0.1, 0.15) is 5.69 Å². The number of carbonyl (C=O) groups is 1. The number of hydrogen-bond acceptors (Lipinski definition) is 7. The summed E-state index contributed by atoms with van der Waals surface area (Å²) in [5.74, 6) is 0.772. The molecule has 0 saturated carbocycles. The van der Waals surface area contributed by atoms with E-state index in [1.165, 1.54) is 5.56 Å². The van der Waals surface area contributed by atoms with Gasteiger partial charge in [-0.1, -0.05) is 45.4 Å². The summed E-state index contributed by atoms with van der Waals surface area (Å²) < 4.78 is 5.52. The molecule has 3 aromatic rings. The predicted molar refractivity (Wildman–Crippen MR) is 113 cm³/mol. The summed E-state index contributed by atoms with van der Waals surface area (Å²) in [4.78, 5) is 20.4. The normalized spacial score (nSPS) is 19.2. The van der Waals surface area contributed by atoms with Gasteiger partial charge in [-0.2, -0.15) is 0 Å². The lowest BCUT2D eigenvalue weighted by atomic mass is 9.96. The molecular formula is C20H21BrN6O2. The van der Waals surface area contributed by atoms with Crippen molar-refractivity contribution in [3.05, 3.63) is 47.8 Å². The van der Waals surface area contributed by atoms with Crippen molar-refractivity contribution in [2.45, 2.75) is 23.7 Å². The van der Waals surface area contributed by atoms with Gasteiger partial charge in [-0.05, 0) is 19.0 Å². The van der Waals surface area contributed by atoms with E-state index in [2.05, 4.69) is 41.7 Å². The van der Waals surface area contributed by atoms with Gasteiger partial charge in [0.15, 0.2) is 17.3 Å². The lowest BCUT2D eigenvalue weighted by Crippen LogP contribution is -2.41. The molecule has 4 rings (SSSR count). The smallest absolute Gasteiger partial charge is 0.233 e. The molecular weight excluding hydrogens is 436 g/mol. The number of hydrogen-bond donors (Lipinski definition) is 3. The second-order valence-electron chi connectivity index (χ2n) is 6.98. The fourth-order valence-corrected chi connectivity index (χ4v) is 3.92. The van der Waals surface area contributed by atoms with Crippen LogP contribution in [0.25, 0.3) is 22.7 Å². The maximum Gasteiger partial charge on any atom is 0.233 e. The molecule has 2 atom stereocenters. The molecule has 3 heterocycles. The van der Waals surface area contributed by atoms with E-state index in [1.54, 1.807) is 6.20 Å². The summed E-state index contributed by atoms with van der Waals surface area (Å²) in [7, 11) is 1.91. The Kier molecular flexibility index (Phi) is 5.59. The summed E-state index contributed by atoms with van der Waals surface area (Å²) >= 11 is 3.40. The van der Waals surface area contributed by atoms with Crippen LogP contribution in [0, 0.1) is 0 Å². The molecule has 1 aromatic carbocycles. The molecule has 4 N–H and O–H groups in total. The van der Waals surface area contributed by atoms with Crippen LogP contribution >= 0.6 is 15.9 Å². The highest BCUT2D eigenvalue weighted by molar-refractivity contribution is 9.10. The Hall–Kier alpha value is -2.78. The number of carbonyl (C=O) groups excluding carboxylic acids is 1. The molecule has 8 nitrogen and oxygen atoms in total. The number of anilines is 1. The molecule has 0 aliphatic carbocycles. The Morgan fingerprint density at radius 2 is 2.14 bits per heavy atom. The van der Waals surface area contributed by atoms with Gasteiger partial charge in [0.25, 0.3) is 0 Å². The van der Waals surface area contributed by atoms with E-state index in [1.807, 2.05) is 37.4 Å². The minimum Gasteiger partial charge on any atom is -0.382 e. The first-order valence-electron chi connectivity index (χ1n) is 9.30. The first-order chi connectivity index (χ1) is 14.0. The Morgan fingerprint density at radius 3 is 2.86 bits per heavy atom. The van der Waals surface area contributed by atoms with E-state index in [9.17, 15) is 4.79 Å². The van der Waals surface area contributed by atoms with E-state index in [4.69, 9.17) is 10.3 Å². The van der Waals surface area contributed by atoms with Crippen LogP contribution in [-0.4, -0.2) is 39.5 Å². The average molecular weight is 457 g/mol. The van der Waals surface area contributed by atoms with E-state index >= 15 is 0 Å². The zero-order valence-electron chi connectivity index (χ0n) is 15.9. The number of aromatic nitrogens is 3. The van der Waals surface area contributed by atoms with Crippen LogP contribution in [-0.2, 0) is 11.3 Å². The molecule has 0 bridgehead atoms. The Balaban J connectivity index is 1.59. The summed E-state index contributed by atoms with van der Waals surface area (Å²) in [5.41, 5.74) is 10.1. The highest BCUT2D eigenvalue weighted by Gasteiger charge is 2.29. The number of benzene rings is 1. The monoisotopic (exact) mass is 456 g/mol. The van der Waals surface area contributed by atoms with E-state index < -0.39 is 0 Å². The molecule has 29 heavy (non-hydrogen) atoms. The Morgan fingerprint density at radius 1 is 1.34 bits per heavy atom. The number of rotatable bonds is 5. The van der Waals surface area contributed by atoms with Gasteiger partial charge < -0.3 is 20.9 Å². The highest BCUT2D eigenvalue weighted by Crippen LogP contribution is 2.31. The molecule has 9 heteroatoms. The third kappa shape index (κ3) is 4.15. The highest BCUT2D eigenvalue weighted by atomic mass is 79.9. The largest absolute Gasteiger partial charge is 0.382 e. The topological polar surface area (TPSA) is 119 Å². The summed E-state index contributed by atoms with van der Waals surface area (Å²) in [5, 5.41) is 10.2. The van der Waals surface area contributed by atoms with Gasteiger partial charge >= 0.3 is 0 Å². The number of nitrogen functional groups attached to an aromatic ring is 1. The number of amides is 1. The second kappa shape index (κ2) is 8.30. The molecule has 1 amide bonds. The lowest BCUT2D eigenvalue weighted by molar-refractivity contribution is -0.121. The minimum absolute atomic E-state index is 0.00881. The van der Waals surface area contributed by atoms with Crippen LogP contribution in [0.5, 0.6) is 0 Å². The standard InChI is InChI=1S/C20H21BrN6O2/c1-23-8-11-2-4-12(5-3-11)15-7-17(29-27-15)18-19(22)24-10-16(26-18)13-6-14(21)20(28)25-9-13/h2-5,7,10,13-14,23H,6,8-9H2,1H3,(H2,22,24)(H,25,28). The number of nitrogens with zero attached hydrogens (tertiary/aromatic N) is 3. The lowest BCUT2D eigenvalue weighted by Gasteiger charge is -2.25. The fraction of sp³-hybridized carbons (Fsp3) is 0.300. The van der Waals surface area contributed by atoms with Crippen molar-refractivity contribution < 1.29 is 9.32 Å². The van der Waals surface area contributed by atoms with Crippen molar-refractivity contribution in [3.8, 4) is 22.7 Å². The van der Waals surface area contributed by atoms with Gasteiger partial charge in [0, 0.05) is 30.6 Å². The van der Waals surface area contributed by atoms with Crippen molar-refractivity contribution in [3.63, 3.8) is 0 Å². The third-order valence-corrected chi connectivity index (χ3v) is 5.70. The van der Waals surface area contributed by atoms with Gasteiger partial charge in [0.05, 0.1) is 16.7 Å². The van der Waals surface area contributed by atoms with Gasteiger partial charge in [-0.15, -0.1) is 0 Å². The molecule has 1 fully saturated rings. The quantitative estimate of drug-likeness (QED) is 0.504. The summed E-state index contributed by atoms with van der Waals surface area (Å²) in [6, 6.07) is 9.90. The maximum absolute atomic E-state index is 11.7. The third-order valence-electron chi connectivity index (χ3n) is 4.91. The summed E-state index contributed by atoms with van der Waals surface area (Å²) in [6.45, 7) is 1.32. The number of nitrogens with one attached hydrogen (secondary N) is 2. The van der Waals surface area contributed by atoms with Crippen LogP contribution in [0.15, 0.2) is 41.1 Å². The van der Waals surface area contributed by atoms with Crippen LogP contribution in [0.1, 0.15) is 23.6 Å². The zero-order valence-corrected chi connectivity index (χ0v) is 17.4. The van der Waals surface area contributed by atoms with Crippen LogP contribution in [0.4, 0.5) is 5.82 Å². The van der Waals surface area contributed by atoms with Crippen LogP contribution < -0.4 is 16.4 Å². The van der Waals surface area contributed by atoms with Crippen LogP contribution in [0.3, 0.4) is 0 Å². The van der Waals surface area contributed by atoms with E-state index in [-0.39, 0.29) is 22.5 Å². The first-order valence-corrected chi connectivity index (χ1v) is 10.2. The van der Waals surface area contributed by atoms with Gasteiger partial charge in [0.2, 0.25) is 5.91 Å². The number of piperidine rings is 1. The molecule has 1 saturated heterocycles. The van der Waals surface area contributed by atoms with E-state index in [0.29, 0.717) is 30.1 Å². The SMILES string of the molecule is CNCc1ccc(-c2cc(-c3nc(C4CNC(=O)C(Br)C4)cnc3N)on2)cc1. The van der Waals surface area contributed by atoms with Crippen molar-refractivity contribution in [1.29, 1.82) is 0 Å². The zero-order chi connectivity index (χ0) is 20.4. The molecule has 0 radical (unpaired) electrons. The molecule has 1 aliphatic rings. The van der Waals surface area contributed by atoms with Crippen molar-refractivity contribution in [2.75, 3.05) is 19.3 Å².